The standard InChI is InChI=1S/C10H8ClNS/c11-7-8-1-3-9(4-2-8)10-5-6-12-13-10/h1-6H,7H2. The second kappa shape index (κ2) is 3.90. The lowest BCUT2D eigenvalue weighted by atomic mass is 10.1. The number of rotatable bonds is 2. The van der Waals surface area contributed by atoms with Gasteiger partial charge in [-0.25, -0.2) is 4.37 Å². The van der Waals surface area contributed by atoms with Crippen LogP contribution in [-0.4, -0.2) is 4.37 Å². The number of benzene rings is 1. The quantitative estimate of drug-likeness (QED) is 0.690. The number of hydrogen-bond donors (Lipinski definition) is 0. The van der Waals surface area contributed by atoms with Gasteiger partial charge in [0.2, 0.25) is 0 Å². The van der Waals surface area contributed by atoms with Crippen LogP contribution in [0.2, 0.25) is 0 Å². The largest absolute Gasteiger partial charge is 0.201 e. The van der Waals surface area contributed by atoms with Gasteiger partial charge >= 0.3 is 0 Å². The van der Waals surface area contributed by atoms with Crippen molar-refractivity contribution >= 4 is 23.1 Å². The predicted molar refractivity (Wildman–Crippen MR) is 57.1 cm³/mol. The molecule has 13 heavy (non-hydrogen) atoms. The zero-order chi connectivity index (χ0) is 9.10. The molecular formula is C10H8ClNS. The maximum absolute atomic E-state index is 5.69. The number of alkyl halides is 1. The van der Waals surface area contributed by atoms with Crippen molar-refractivity contribution in [2.45, 2.75) is 5.88 Å². The van der Waals surface area contributed by atoms with E-state index >= 15 is 0 Å². The summed E-state index contributed by atoms with van der Waals surface area (Å²) < 4.78 is 4.06. The van der Waals surface area contributed by atoms with Crippen LogP contribution >= 0.6 is 23.1 Å². The molecule has 0 atom stereocenters. The molecule has 0 bridgehead atoms. The van der Waals surface area contributed by atoms with Crippen molar-refractivity contribution in [1.82, 2.24) is 4.37 Å². The highest BCUT2D eigenvalue weighted by molar-refractivity contribution is 7.09. The summed E-state index contributed by atoms with van der Waals surface area (Å²) in [6.45, 7) is 0. The smallest absolute Gasteiger partial charge is 0.0549 e. The Labute approximate surface area is 86.2 Å². The lowest BCUT2D eigenvalue weighted by Crippen LogP contribution is -1.77. The van der Waals surface area contributed by atoms with Crippen LogP contribution in [0, 0.1) is 0 Å². The van der Waals surface area contributed by atoms with Crippen LogP contribution in [0.5, 0.6) is 0 Å². The number of hydrogen-bond acceptors (Lipinski definition) is 2. The van der Waals surface area contributed by atoms with E-state index < -0.39 is 0 Å². The third-order valence-electron chi connectivity index (χ3n) is 1.83. The van der Waals surface area contributed by atoms with E-state index in [9.17, 15) is 0 Å². The molecule has 0 spiro atoms. The van der Waals surface area contributed by atoms with Crippen molar-refractivity contribution < 1.29 is 0 Å². The van der Waals surface area contributed by atoms with E-state index in [1.54, 1.807) is 0 Å². The summed E-state index contributed by atoms with van der Waals surface area (Å²) in [5.41, 5.74) is 2.35. The predicted octanol–water partition coefficient (Wildman–Crippen LogP) is 3.55. The van der Waals surface area contributed by atoms with Gasteiger partial charge in [0.1, 0.15) is 0 Å². The summed E-state index contributed by atoms with van der Waals surface area (Å²) in [4.78, 5) is 1.20. The Balaban J connectivity index is 2.33. The van der Waals surface area contributed by atoms with E-state index in [4.69, 9.17) is 11.6 Å². The molecular weight excluding hydrogens is 202 g/mol. The molecule has 2 aromatic rings. The van der Waals surface area contributed by atoms with Crippen LogP contribution in [0.1, 0.15) is 5.56 Å². The van der Waals surface area contributed by atoms with Crippen LogP contribution in [0.15, 0.2) is 36.5 Å². The fraction of sp³-hybridized carbons (Fsp3) is 0.100. The van der Waals surface area contributed by atoms with Crippen LogP contribution in [0.25, 0.3) is 10.4 Å². The molecule has 66 valence electrons. The van der Waals surface area contributed by atoms with Gasteiger partial charge in [-0.05, 0) is 28.7 Å². The van der Waals surface area contributed by atoms with Gasteiger partial charge in [0.25, 0.3) is 0 Å². The van der Waals surface area contributed by atoms with E-state index in [2.05, 4.69) is 16.5 Å². The van der Waals surface area contributed by atoms with Crippen molar-refractivity contribution in [2.24, 2.45) is 0 Å². The topological polar surface area (TPSA) is 12.9 Å². The summed E-state index contributed by atoms with van der Waals surface area (Å²) in [6.07, 6.45) is 1.81. The number of nitrogens with zero attached hydrogens (tertiary/aromatic N) is 1. The summed E-state index contributed by atoms with van der Waals surface area (Å²) >= 11 is 7.20. The molecule has 0 unspecified atom stereocenters. The Hall–Kier alpha value is -0.860. The van der Waals surface area contributed by atoms with Gasteiger partial charge in [0.05, 0.1) is 4.88 Å². The van der Waals surface area contributed by atoms with Gasteiger partial charge in [0.15, 0.2) is 0 Å². The highest BCUT2D eigenvalue weighted by Gasteiger charge is 1.98. The maximum Gasteiger partial charge on any atom is 0.0549 e. The first kappa shape index (κ1) is 8.73. The Morgan fingerprint density at radius 3 is 2.46 bits per heavy atom. The Morgan fingerprint density at radius 2 is 1.92 bits per heavy atom. The third-order valence-corrected chi connectivity index (χ3v) is 2.93. The average molecular weight is 210 g/mol. The van der Waals surface area contributed by atoms with Crippen molar-refractivity contribution in [1.29, 1.82) is 0 Å². The summed E-state index contributed by atoms with van der Waals surface area (Å²) in [6, 6.07) is 10.3. The van der Waals surface area contributed by atoms with Gasteiger partial charge in [0, 0.05) is 12.1 Å². The van der Waals surface area contributed by atoms with E-state index in [1.807, 2.05) is 24.4 Å². The fourth-order valence-corrected chi connectivity index (χ4v) is 1.90. The minimum atomic E-state index is 0.572. The maximum atomic E-state index is 5.69. The molecule has 2 rings (SSSR count). The minimum absolute atomic E-state index is 0.572. The first-order valence-corrected chi connectivity index (χ1v) is 5.27. The molecule has 1 heterocycles. The molecule has 1 aromatic carbocycles. The van der Waals surface area contributed by atoms with Crippen LogP contribution in [0.4, 0.5) is 0 Å². The molecule has 0 fully saturated rings. The van der Waals surface area contributed by atoms with Crippen LogP contribution in [-0.2, 0) is 5.88 Å². The molecule has 1 aromatic heterocycles. The molecule has 0 aliphatic heterocycles. The lowest BCUT2D eigenvalue weighted by Gasteiger charge is -1.97. The van der Waals surface area contributed by atoms with Gasteiger partial charge in [-0.1, -0.05) is 24.3 Å². The minimum Gasteiger partial charge on any atom is -0.201 e. The first-order chi connectivity index (χ1) is 6.40. The third kappa shape index (κ3) is 1.90. The molecule has 1 nitrogen and oxygen atoms in total. The van der Waals surface area contributed by atoms with E-state index in [0.717, 1.165) is 5.56 Å². The zero-order valence-corrected chi connectivity index (χ0v) is 8.48. The highest BCUT2D eigenvalue weighted by Crippen LogP contribution is 2.23. The van der Waals surface area contributed by atoms with Crippen molar-refractivity contribution in [3.8, 4) is 10.4 Å². The SMILES string of the molecule is ClCc1ccc(-c2ccns2)cc1. The molecule has 0 aliphatic rings. The normalized spacial score (nSPS) is 10.2. The lowest BCUT2D eigenvalue weighted by molar-refractivity contribution is 1.41. The molecule has 0 saturated heterocycles. The summed E-state index contributed by atoms with van der Waals surface area (Å²) in [7, 11) is 0. The van der Waals surface area contributed by atoms with Crippen LogP contribution in [0.3, 0.4) is 0 Å². The van der Waals surface area contributed by atoms with E-state index in [0.29, 0.717) is 5.88 Å². The van der Waals surface area contributed by atoms with Gasteiger partial charge in [-0.2, -0.15) is 0 Å². The second-order valence-corrected chi connectivity index (χ2v) is 3.81. The fourth-order valence-electron chi connectivity index (χ4n) is 1.12. The van der Waals surface area contributed by atoms with Gasteiger partial charge < -0.3 is 0 Å². The Morgan fingerprint density at radius 1 is 1.15 bits per heavy atom. The number of halogens is 1. The van der Waals surface area contributed by atoms with Gasteiger partial charge in [-0.15, -0.1) is 11.6 Å². The van der Waals surface area contributed by atoms with Gasteiger partial charge in [-0.3, -0.25) is 0 Å². The molecule has 0 amide bonds. The van der Waals surface area contributed by atoms with Crippen molar-refractivity contribution in [2.75, 3.05) is 0 Å². The average Bonchev–Trinajstić information content (AvgIpc) is 2.71. The van der Waals surface area contributed by atoms with Crippen molar-refractivity contribution in [3.63, 3.8) is 0 Å². The number of aromatic nitrogens is 1. The molecule has 0 radical (unpaired) electrons. The summed E-state index contributed by atoms with van der Waals surface area (Å²) in [5.74, 6) is 0.572. The Kier molecular flexibility index (Phi) is 2.62. The molecule has 0 aliphatic carbocycles. The van der Waals surface area contributed by atoms with Crippen LogP contribution < -0.4 is 0 Å². The monoisotopic (exact) mass is 209 g/mol. The van der Waals surface area contributed by atoms with E-state index in [1.165, 1.54) is 22.0 Å². The van der Waals surface area contributed by atoms with E-state index in [-0.39, 0.29) is 0 Å². The Bertz CT molecular complexity index is 366. The molecule has 3 heteroatoms. The zero-order valence-electron chi connectivity index (χ0n) is 6.90. The summed E-state index contributed by atoms with van der Waals surface area (Å²) in [5, 5.41) is 0. The van der Waals surface area contributed by atoms with Crippen molar-refractivity contribution in [3.05, 3.63) is 42.1 Å². The highest BCUT2D eigenvalue weighted by atomic mass is 35.5. The molecule has 0 saturated carbocycles. The second-order valence-electron chi connectivity index (χ2n) is 2.71. The molecule has 0 N–H and O–H groups in total. The first-order valence-electron chi connectivity index (χ1n) is 3.96.